The van der Waals surface area contributed by atoms with Gasteiger partial charge < -0.3 is 19.1 Å². The highest BCUT2D eigenvalue weighted by atomic mass is 35.5. The summed E-state index contributed by atoms with van der Waals surface area (Å²) < 4.78 is 15.3. The van der Waals surface area contributed by atoms with Gasteiger partial charge >= 0.3 is 5.97 Å². The lowest BCUT2D eigenvalue weighted by Gasteiger charge is -2.17. The van der Waals surface area contributed by atoms with Gasteiger partial charge in [-0.25, -0.2) is 4.79 Å². The summed E-state index contributed by atoms with van der Waals surface area (Å²) in [4.78, 5) is 25.1. The third kappa shape index (κ3) is 4.01. The highest BCUT2D eigenvalue weighted by molar-refractivity contribution is 6.32. The number of benzene rings is 1. The molecule has 0 spiro atoms. The number of esters is 1. The Bertz CT molecular complexity index is 544. The normalized spacial score (nSPS) is 11.5. The number of likely N-dealkylation sites (N-methyl/N-ethyl adjacent to an activating group) is 1. The predicted molar refractivity (Wildman–Crippen MR) is 78.1 cm³/mol. The van der Waals surface area contributed by atoms with Crippen molar-refractivity contribution in [1.82, 2.24) is 4.90 Å². The molecule has 0 aliphatic heterocycles. The van der Waals surface area contributed by atoms with Crippen molar-refractivity contribution in [3.8, 4) is 11.5 Å². The Morgan fingerprint density at radius 3 is 2.29 bits per heavy atom. The van der Waals surface area contributed by atoms with Crippen LogP contribution in [0.2, 0.25) is 5.02 Å². The number of rotatable bonds is 5. The van der Waals surface area contributed by atoms with E-state index < -0.39 is 12.1 Å². The Kier molecular flexibility index (Phi) is 5.84. The quantitative estimate of drug-likeness (QED) is 0.777. The molecular formula is C14H18ClNO5. The van der Waals surface area contributed by atoms with E-state index in [2.05, 4.69) is 0 Å². The summed E-state index contributed by atoms with van der Waals surface area (Å²) >= 11 is 6.02. The van der Waals surface area contributed by atoms with Crippen molar-refractivity contribution in [3.63, 3.8) is 0 Å². The van der Waals surface area contributed by atoms with Gasteiger partial charge in [-0.05, 0) is 19.1 Å². The minimum Gasteiger partial charge on any atom is -0.493 e. The van der Waals surface area contributed by atoms with Gasteiger partial charge in [-0.3, -0.25) is 4.79 Å². The van der Waals surface area contributed by atoms with Gasteiger partial charge in [0.05, 0.1) is 24.8 Å². The molecule has 0 saturated carbocycles. The van der Waals surface area contributed by atoms with Crippen LogP contribution in [0.5, 0.6) is 11.5 Å². The molecule has 1 aromatic carbocycles. The molecule has 0 aliphatic carbocycles. The Morgan fingerprint density at radius 2 is 1.81 bits per heavy atom. The Labute approximate surface area is 128 Å². The molecule has 0 N–H and O–H groups in total. The van der Waals surface area contributed by atoms with Crippen LogP contribution in [0.4, 0.5) is 0 Å². The molecule has 0 saturated heterocycles. The van der Waals surface area contributed by atoms with Crippen LogP contribution in [0, 0.1) is 0 Å². The van der Waals surface area contributed by atoms with Crippen LogP contribution in [0.15, 0.2) is 12.1 Å². The van der Waals surface area contributed by atoms with Crippen molar-refractivity contribution in [2.24, 2.45) is 0 Å². The smallest absolute Gasteiger partial charge is 0.339 e. The predicted octanol–water partition coefficient (Wildman–Crippen LogP) is 1.99. The zero-order valence-electron chi connectivity index (χ0n) is 12.6. The molecule has 1 atom stereocenters. The van der Waals surface area contributed by atoms with Gasteiger partial charge in [0.1, 0.15) is 0 Å². The molecule has 116 valence electrons. The molecule has 21 heavy (non-hydrogen) atoms. The molecular weight excluding hydrogens is 298 g/mol. The van der Waals surface area contributed by atoms with E-state index in [1.165, 1.54) is 38.2 Å². The number of carbonyl (C=O) groups excluding carboxylic acids is 2. The first-order valence-electron chi connectivity index (χ1n) is 6.15. The van der Waals surface area contributed by atoms with E-state index in [0.717, 1.165) is 0 Å². The second kappa shape index (κ2) is 7.17. The lowest BCUT2D eigenvalue weighted by molar-refractivity contribution is -0.137. The largest absolute Gasteiger partial charge is 0.493 e. The van der Waals surface area contributed by atoms with Crippen molar-refractivity contribution in [3.05, 3.63) is 22.7 Å². The number of hydrogen-bond acceptors (Lipinski definition) is 5. The van der Waals surface area contributed by atoms with Crippen molar-refractivity contribution in [2.45, 2.75) is 13.0 Å². The van der Waals surface area contributed by atoms with Gasteiger partial charge in [-0.15, -0.1) is 0 Å². The summed E-state index contributed by atoms with van der Waals surface area (Å²) in [6.07, 6.45) is -0.889. The third-order valence-electron chi connectivity index (χ3n) is 2.74. The van der Waals surface area contributed by atoms with E-state index in [1.54, 1.807) is 14.1 Å². The SMILES string of the molecule is COc1cc(C(=O)O[C@H](C)C(=O)N(C)C)cc(Cl)c1OC. The first kappa shape index (κ1) is 17.1. The maximum Gasteiger partial charge on any atom is 0.339 e. The van der Waals surface area contributed by atoms with Gasteiger partial charge in [0.2, 0.25) is 0 Å². The fourth-order valence-corrected chi connectivity index (χ4v) is 1.97. The van der Waals surface area contributed by atoms with Crippen molar-refractivity contribution >= 4 is 23.5 Å². The molecule has 0 fully saturated rings. The van der Waals surface area contributed by atoms with E-state index in [4.69, 9.17) is 25.8 Å². The average molecular weight is 316 g/mol. The van der Waals surface area contributed by atoms with Gasteiger partial charge in [-0.1, -0.05) is 11.6 Å². The number of hydrogen-bond donors (Lipinski definition) is 0. The van der Waals surface area contributed by atoms with E-state index in [1.807, 2.05) is 0 Å². The Hall–Kier alpha value is -1.95. The molecule has 7 heteroatoms. The maximum atomic E-state index is 12.1. The lowest BCUT2D eigenvalue weighted by Crippen LogP contribution is -2.34. The fourth-order valence-electron chi connectivity index (χ4n) is 1.68. The molecule has 0 bridgehead atoms. The Balaban J connectivity index is 2.98. The number of carbonyl (C=O) groups is 2. The summed E-state index contributed by atoms with van der Waals surface area (Å²) in [5.74, 6) is -0.341. The molecule has 0 aliphatic rings. The van der Waals surface area contributed by atoms with Gasteiger partial charge in [0.15, 0.2) is 17.6 Å². The standard InChI is InChI=1S/C14H18ClNO5/c1-8(13(17)16(2)3)21-14(18)9-6-10(15)12(20-5)11(7-9)19-4/h6-8H,1-5H3/t8-/m1/s1. The molecule has 0 aromatic heterocycles. The Morgan fingerprint density at radius 1 is 1.19 bits per heavy atom. The monoisotopic (exact) mass is 315 g/mol. The van der Waals surface area contributed by atoms with Crippen molar-refractivity contribution in [2.75, 3.05) is 28.3 Å². The summed E-state index contributed by atoms with van der Waals surface area (Å²) in [6.45, 7) is 1.50. The zero-order valence-corrected chi connectivity index (χ0v) is 13.4. The number of amides is 1. The van der Waals surface area contributed by atoms with Crippen molar-refractivity contribution < 1.29 is 23.8 Å². The van der Waals surface area contributed by atoms with E-state index in [0.29, 0.717) is 11.5 Å². The van der Waals surface area contributed by atoms with Gasteiger partial charge in [0.25, 0.3) is 5.91 Å². The first-order valence-corrected chi connectivity index (χ1v) is 6.53. The first-order chi connectivity index (χ1) is 9.81. The van der Waals surface area contributed by atoms with Crippen LogP contribution in [-0.4, -0.2) is 51.2 Å². The minimum atomic E-state index is -0.889. The summed E-state index contributed by atoms with van der Waals surface area (Å²) in [7, 11) is 6.04. The van der Waals surface area contributed by atoms with Crippen LogP contribution in [0.3, 0.4) is 0 Å². The molecule has 1 aromatic rings. The van der Waals surface area contributed by atoms with E-state index >= 15 is 0 Å². The average Bonchev–Trinajstić information content (AvgIpc) is 2.44. The highest BCUT2D eigenvalue weighted by Gasteiger charge is 2.22. The summed E-state index contributed by atoms with van der Waals surface area (Å²) in [5.41, 5.74) is 0.177. The van der Waals surface area contributed by atoms with Crippen LogP contribution >= 0.6 is 11.6 Å². The lowest BCUT2D eigenvalue weighted by atomic mass is 10.2. The molecule has 0 unspecified atom stereocenters. The summed E-state index contributed by atoms with van der Waals surface area (Å²) in [5, 5.41) is 0.218. The second-order valence-corrected chi connectivity index (χ2v) is 4.88. The van der Waals surface area contributed by atoms with Crippen LogP contribution < -0.4 is 9.47 Å². The molecule has 6 nitrogen and oxygen atoms in total. The molecule has 1 amide bonds. The molecule has 0 radical (unpaired) electrons. The zero-order chi connectivity index (χ0) is 16.2. The molecule has 0 heterocycles. The maximum absolute atomic E-state index is 12.1. The van der Waals surface area contributed by atoms with E-state index in [-0.39, 0.29) is 16.5 Å². The van der Waals surface area contributed by atoms with Gasteiger partial charge in [0, 0.05) is 14.1 Å². The third-order valence-corrected chi connectivity index (χ3v) is 3.02. The number of nitrogens with zero attached hydrogens (tertiary/aromatic N) is 1. The number of halogens is 1. The fraction of sp³-hybridized carbons (Fsp3) is 0.429. The topological polar surface area (TPSA) is 65.1 Å². The highest BCUT2D eigenvalue weighted by Crippen LogP contribution is 2.36. The van der Waals surface area contributed by atoms with Gasteiger partial charge in [-0.2, -0.15) is 0 Å². The van der Waals surface area contributed by atoms with Crippen LogP contribution in [0.25, 0.3) is 0 Å². The minimum absolute atomic E-state index is 0.177. The van der Waals surface area contributed by atoms with Crippen LogP contribution in [-0.2, 0) is 9.53 Å². The summed E-state index contributed by atoms with van der Waals surface area (Å²) in [6, 6.07) is 2.85. The van der Waals surface area contributed by atoms with Crippen LogP contribution in [0.1, 0.15) is 17.3 Å². The number of ether oxygens (including phenoxy) is 3. The van der Waals surface area contributed by atoms with E-state index in [9.17, 15) is 9.59 Å². The van der Waals surface area contributed by atoms with Crippen molar-refractivity contribution in [1.29, 1.82) is 0 Å². The second-order valence-electron chi connectivity index (χ2n) is 4.47. The number of methoxy groups -OCH3 is 2. The molecule has 1 rings (SSSR count).